The maximum Gasteiger partial charge on any atom is 0.257 e. The number of rotatable bonds is 5. The topological polar surface area (TPSA) is 49.3 Å². The van der Waals surface area contributed by atoms with Gasteiger partial charge in [0.05, 0.1) is 6.10 Å². The number of hydrogen-bond donors (Lipinski definition) is 2. The van der Waals surface area contributed by atoms with Crippen LogP contribution in [0.2, 0.25) is 0 Å². The summed E-state index contributed by atoms with van der Waals surface area (Å²) in [5.74, 6) is -2.52. The van der Waals surface area contributed by atoms with Crippen molar-refractivity contribution in [2.45, 2.75) is 19.4 Å². The first-order chi connectivity index (χ1) is 9.99. The van der Waals surface area contributed by atoms with Crippen LogP contribution in [0.15, 0.2) is 30.3 Å². The van der Waals surface area contributed by atoms with Crippen molar-refractivity contribution in [1.29, 1.82) is 0 Å². The van der Waals surface area contributed by atoms with Crippen molar-refractivity contribution in [2.24, 2.45) is 0 Å². The molecule has 1 aromatic heterocycles. The van der Waals surface area contributed by atoms with Crippen molar-refractivity contribution in [2.75, 3.05) is 6.54 Å². The van der Waals surface area contributed by atoms with Crippen molar-refractivity contribution < 1.29 is 18.7 Å². The molecule has 0 saturated carbocycles. The first-order valence-electron chi connectivity index (χ1n) is 6.48. The highest BCUT2D eigenvalue weighted by molar-refractivity contribution is 7.12. The normalized spacial score (nSPS) is 12.2. The maximum absolute atomic E-state index is 13.4. The van der Waals surface area contributed by atoms with Gasteiger partial charge in [0.25, 0.3) is 5.91 Å². The van der Waals surface area contributed by atoms with Crippen molar-refractivity contribution in [3.05, 3.63) is 57.3 Å². The Labute approximate surface area is 125 Å². The molecule has 2 aromatic rings. The van der Waals surface area contributed by atoms with Gasteiger partial charge in [-0.3, -0.25) is 4.79 Å². The minimum absolute atomic E-state index is 0.270. The summed E-state index contributed by atoms with van der Waals surface area (Å²) in [6, 6.07) is 6.99. The first-order valence-corrected chi connectivity index (χ1v) is 7.29. The Kier molecular flexibility index (Phi) is 5.03. The summed E-state index contributed by atoms with van der Waals surface area (Å²) in [6.45, 7) is 1.95. The van der Waals surface area contributed by atoms with Crippen LogP contribution in [0.1, 0.15) is 33.1 Å². The second-order valence-corrected chi connectivity index (χ2v) is 5.78. The van der Waals surface area contributed by atoms with Crippen LogP contribution in [0.3, 0.4) is 0 Å². The molecule has 1 atom stereocenters. The van der Waals surface area contributed by atoms with Crippen LogP contribution < -0.4 is 5.32 Å². The largest absolute Gasteiger partial charge is 0.388 e. The smallest absolute Gasteiger partial charge is 0.257 e. The molecular weight excluding hydrogens is 296 g/mol. The Morgan fingerprint density at radius 2 is 1.95 bits per heavy atom. The number of amides is 1. The van der Waals surface area contributed by atoms with Crippen LogP contribution in [0, 0.1) is 11.6 Å². The Morgan fingerprint density at radius 1 is 1.29 bits per heavy atom. The number of aliphatic hydroxyl groups is 1. The third kappa shape index (κ3) is 3.86. The summed E-state index contributed by atoms with van der Waals surface area (Å²) in [4.78, 5) is 13.6. The van der Waals surface area contributed by atoms with E-state index in [1.807, 2.05) is 12.1 Å². The van der Waals surface area contributed by atoms with Crippen LogP contribution in [-0.4, -0.2) is 17.6 Å². The molecule has 0 radical (unpaired) electrons. The fraction of sp³-hybridized carbons (Fsp3) is 0.267. The zero-order valence-electron chi connectivity index (χ0n) is 11.4. The van der Waals surface area contributed by atoms with Gasteiger partial charge in [-0.15, -0.1) is 11.3 Å². The Morgan fingerprint density at radius 3 is 2.52 bits per heavy atom. The summed E-state index contributed by atoms with van der Waals surface area (Å²) in [5.41, 5.74) is -0.562. The lowest BCUT2D eigenvalue weighted by atomic mass is 10.2. The van der Waals surface area contributed by atoms with Gasteiger partial charge in [0.2, 0.25) is 0 Å². The molecule has 112 valence electrons. The van der Waals surface area contributed by atoms with E-state index in [2.05, 4.69) is 5.32 Å². The predicted octanol–water partition coefficient (Wildman–Crippen LogP) is 3.05. The van der Waals surface area contributed by atoms with Gasteiger partial charge in [0, 0.05) is 16.3 Å². The van der Waals surface area contributed by atoms with Crippen molar-refractivity contribution in [3.8, 4) is 0 Å². The van der Waals surface area contributed by atoms with E-state index < -0.39 is 29.2 Å². The number of carbonyl (C=O) groups is 1. The van der Waals surface area contributed by atoms with E-state index in [0.717, 1.165) is 21.9 Å². The molecule has 0 aliphatic carbocycles. The van der Waals surface area contributed by atoms with E-state index >= 15 is 0 Å². The van der Waals surface area contributed by atoms with Crippen LogP contribution in [0.4, 0.5) is 8.78 Å². The van der Waals surface area contributed by atoms with Gasteiger partial charge < -0.3 is 10.4 Å². The molecule has 6 heteroatoms. The quantitative estimate of drug-likeness (QED) is 0.891. The van der Waals surface area contributed by atoms with Crippen molar-refractivity contribution >= 4 is 17.2 Å². The van der Waals surface area contributed by atoms with Gasteiger partial charge in [0.1, 0.15) is 17.2 Å². The minimum Gasteiger partial charge on any atom is -0.388 e. The number of hydrogen-bond acceptors (Lipinski definition) is 3. The SMILES string of the molecule is CC(O)c1ccc(CCNC(=O)c2c(F)cccc2F)s1. The van der Waals surface area contributed by atoms with Crippen LogP contribution in [0.5, 0.6) is 0 Å². The molecular formula is C15H15F2NO2S. The summed E-state index contributed by atoms with van der Waals surface area (Å²) in [7, 11) is 0. The van der Waals surface area contributed by atoms with Crippen LogP contribution >= 0.6 is 11.3 Å². The molecule has 0 bridgehead atoms. The highest BCUT2D eigenvalue weighted by Gasteiger charge is 2.16. The molecule has 1 unspecified atom stereocenters. The summed E-state index contributed by atoms with van der Waals surface area (Å²) in [5, 5.41) is 11.9. The van der Waals surface area contributed by atoms with E-state index in [4.69, 9.17) is 0 Å². The third-order valence-corrected chi connectivity index (χ3v) is 4.26. The first kappa shape index (κ1) is 15.6. The van der Waals surface area contributed by atoms with E-state index in [-0.39, 0.29) is 6.54 Å². The second-order valence-electron chi connectivity index (χ2n) is 4.58. The molecule has 1 heterocycles. The number of benzene rings is 1. The van der Waals surface area contributed by atoms with Gasteiger partial charge in [-0.2, -0.15) is 0 Å². The molecule has 0 saturated heterocycles. The molecule has 0 aliphatic heterocycles. The van der Waals surface area contributed by atoms with Gasteiger partial charge in [0.15, 0.2) is 0 Å². The Balaban J connectivity index is 1.92. The van der Waals surface area contributed by atoms with E-state index in [9.17, 15) is 18.7 Å². The lowest BCUT2D eigenvalue weighted by Crippen LogP contribution is -2.27. The zero-order valence-corrected chi connectivity index (χ0v) is 12.2. The fourth-order valence-corrected chi connectivity index (χ4v) is 2.81. The van der Waals surface area contributed by atoms with Gasteiger partial charge in [-0.25, -0.2) is 8.78 Å². The summed E-state index contributed by atoms with van der Waals surface area (Å²) >= 11 is 1.45. The molecule has 0 aliphatic rings. The van der Waals surface area contributed by atoms with E-state index in [1.54, 1.807) is 6.92 Å². The fourth-order valence-electron chi connectivity index (χ4n) is 1.86. The molecule has 2 rings (SSSR count). The molecule has 3 nitrogen and oxygen atoms in total. The average molecular weight is 311 g/mol. The molecule has 0 fully saturated rings. The molecule has 1 amide bonds. The summed E-state index contributed by atoms with van der Waals surface area (Å²) in [6.07, 6.45) is 0.0185. The highest BCUT2D eigenvalue weighted by atomic mass is 32.1. The predicted molar refractivity (Wildman–Crippen MR) is 77.3 cm³/mol. The second kappa shape index (κ2) is 6.78. The molecule has 1 aromatic carbocycles. The van der Waals surface area contributed by atoms with E-state index in [1.165, 1.54) is 17.4 Å². The van der Waals surface area contributed by atoms with Gasteiger partial charge in [-0.1, -0.05) is 6.07 Å². The molecule has 0 spiro atoms. The van der Waals surface area contributed by atoms with E-state index in [0.29, 0.717) is 6.42 Å². The van der Waals surface area contributed by atoms with Crippen molar-refractivity contribution in [1.82, 2.24) is 5.32 Å². The average Bonchev–Trinajstić information content (AvgIpc) is 2.87. The number of halogens is 2. The summed E-state index contributed by atoms with van der Waals surface area (Å²) < 4.78 is 26.8. The Bertz CT molecular complexity index is 620. The standard InChI is InChI=1S/C15H15F2NO2S/c1-9(19)13-6-5-10(21-13)7-8-18-15(20)14-11(16)3-2-4-12(14)17/h2-6,9,19H,7-8H2,1H3,(H,18,20). The van der Waals surface area contributed by atoms with Crippen LogP contribution in [0.25, 0.3) is 0 Å². The number of aliphatic hydroxyl groups excluding tert-OH is 1. The monoisotopic (exact) mass is 311 g/mol. The molecule has 21 heavy (non-hydrogen) atoms. The number of nitrogens with one attached hydrogen (secondary N) is 1. The number of carbonyl (C=O) groups excluding carboxylic acids is 1. The molecule has 2 N–H and O–H groups in total. The van der Waals surface area contributed by atoms with Gasteiger partial charge in [-0.05, 0) is 37.6 Å². The minimum atomic E-state index is -0.875. The van der Waals surface area contributed by atoms with Gasteiger partial charge >= 0.3 is 0 Å². The number of thiophene rings is 1. The maximum atomic E-state index is 13.4. The lowest BCUT2D eigenvalue weighted by Gasteiger charge is -2.06. The van der Waals surface area contributed by atoms with Crippen molar-refractivity contribution in [3.63, 3.8) is 0 Å². The highest BCUT2D eigenvalue weighted by Crippen LogP contribution is 2.23. The lowest BCUT2D eigenvalue weighted by molar-refractivity contribution is 0.0945. The van der Waals surface area contributed by atoms with Crippen LogP contribution in [-0.2, 0) is 6.42 Å². The Hall–Kier alpha value is -1.79. The zero-order chi connectivity index (χ0) is 15.4. The third-order valence-electron chi connectivity index (χ3n) is 2.94.